The molecule has 0 saturated carbocycles. The van der Waals surface area contributed by atoms with E-state index in [4.69, 9.17) is 21.1 Å². The number of amides is 2. The highest BCUT2D eigenvalue weighted by atomic mass is 35.5. The molecule has 0 aliphatic carbocycles. The van der Waals surface area contributed by atoms with Crippen LogP contribution in [-0.4, -0.2) is 54.5 Å². The fourth-order valence-corrected chi connectivity index (χ4v) is 4.56. The van der Waals surface area contributed by atoms with E-state index >= 15 is 0 Å². The fraction of sp³-hybridized carbons (Fsp3) is 0.440. The van der Waals surface area contributed by atoms with Gasteiger partial charge in [-0.25, -0.2) is 18.4 Å². The molecule has 0 radical (unpaired) electrons. The molecular weight excluding hydrogens is 480 g/mol. The lowest BCUT2D eigenvalue weighted by atomic mass is 9.98. The molecule has 7 nitrogen and oxygen atoms in total. The van der Waals surface area contributed by atoms with E-state index in [0.29, 0.717) is 23.7 Å². The highest BCUT2D eigenvalue weighted by Gasteiger charge is 2.46. The number of halogens is 3. The van der Waals surface area contributed by atoms with Gasteiger partial charge in [0.1, 0.15) is 29.4 Å². The molecule has 2 aromatic carbocycles. The summed E-state index contributed by atoms with van der Waals surface area (Å²) < 4.78 is 39.8. The minimum absolute atomic E-state index is 0.0140. The zero-order chi connectivity index (χ0) is 25.3. The zero-order valence-electron chi connectivity index (χ0n) is 19.8. The Kier molecular flexibility index (Phi) is 7.19. The van der Waals surface area contributed by atoms with Crippen molar-refractivity contribution < 1.29 is 27.8 Å². The molecule has 0 aromatic heterocycles. The van der Waals surface area contributed by atoms with E-state index in [1.165, 1.54) is 21.9 Å². The average molecular weight is 508 g/mol. The number of hydrogen-bond acceptors (Lipinski definition) is 5. The van der Waals surface area contributed by atoms with Crippen molar-refractivity contribution in [3.63, 3.8) is 0 Å². The Hall–Kier alpha value is -2.91. The van der Waals surface area contributed by atoms with E-state index in [2.05, 4.69) is 5.32 Å². The Labute approximate surface area is 207 Å². The van der Waals surface area contributed by atoms with Crippen LogP contribution in [0.4, 0.5) is 24.1 Å². The smallest absolute Gasteiger partial charge is 0.415 e. The molecule has 188 valence electrons. The number of ether oxygens (including phenoxy) is 2. The Bertz CT molecular complexity index is 1070. The Morgan fingerprint density at radius 3 is 2.43 bits per heavy atom. The number of benzene rings is 2. The minimum atomic E-state index is -0.910. The maximum Gasteiger partial charge on any atom is 0.415 e. The van der Waals surface area contributed by atoms with Crippen LogP contribution in [0.5, 0.6) is 0 Å². The predicted octanol–water partition coefficient (Wildman–Crippen LogP) is 5.28. The molecule has 4 rings (SSSR count). The molecule has 2 saturated heterocycles. The van der Waals surface area contributed by atoms with Gasteiger partial charge in [0.15, 0.2) is 0 Å². The first-order valence-corrected chi connectivity index (χ1v) is 11.8. The van der Waals surface area contributed by atoms with Crippen molar-refractivity contribution in [3.05, 3.63) is 64.7 Å². The molecule has 2 aliphatic heterocycles. The number of carbonyl (C=O) groups excluding carboxylic acids is 2. The first-order chi connectivity index (χ1) is 16.5. The van der Waals surface area contributed by atoms with Crippen LogP contribution in [0.2, 0.25) is 5.02 Å². The van der Waals surface area contributed by atoms with Crippen LogP contribution in [0.1, 0.15) is 38.8 Å². The molecule has 2 aliphatic rings. The first kappa shape index (κ1) is 25.2. The lowest BCUT2D eigenvalue weighted by molar-refractivity contribution is 0.00572. The third kappa shape index (κ3) is 5.85. The van der Waals surface area contributed by atoms with Crippen LogP contribution >= 0.6 is 11.6 Å². The normalized spacial score (nSPS) is 22.3. The quantitative estimate of drug-likeness (QED) is 0.596. The maximum atomic E-state index is 14.2. The summed E-state index contributed by atoms with van der Waals surface area (Å²) in [6.45, 7) is 6.58. The summed E-state index contributed by atoms with van der Waals surface area (Å²) in [5, 5.41) is 3.69. The van der Waals surface area contributed by atoms with Gasteiger partial charge >= 0.3 is 12.2 Å². The van der Waals surface area contributed by atoms with E-state index < -0.39 is 41.6 Å². The van der Waals surface area contributed by atoms with Gasteiger partial charge in [0.05, 0.1) is 6.54 Å². The summed E-state index contributed by atoms with van der Waals surface area (Å²) >= 11 is 6.01. The van der Waals surface area contributed by atoms with Crippen LogP contribution < -0.4 is 10.2 Å². The maximum absolute atomic E-state index is 14.2. The highest BCUT2D eigenvalue weighted by molar-refractivity contribution is 6.30. The molecule has 2 aromatic rings. The van der Waals surface area contributed by atoms with E-state index in [0.717, 1.165) is 12.6 Å². The van der Waals surface area contributed by atoms with E-state index in [1.807, 2.05) is 0 Å². The number of carbonyl (C=O) groups is 2. The van der Waals surface area contributed by atoms with Crippen molar-refractivity contribution in [1.29, 1.82) is 0 Å². The molecule has 2 amide bonds. The van der Waals surface area contributed by atoms with Crippen molar-refractivity contribution in [1.82, 2.24) is 10.2 Å². The summed E-state index contributed by atoms with van der Waals surface area (Å²) in [5.41, 5.74) is -0.0707. The van der Waals surface area contributed by atoms with E-state index in [9.17, 15) is 18.4 Å². The van der Waals surface area contributed by atoms with E-state index in [-0.39, 0.29) is 18.2 Å². The monoisotopic (exact) mass is 507 g/mol. The molecular formula is C25H28ClF2N3O4. The van der Waals surface area contributed by atoms with Crippen molar-refractivity contribution in [2.75, 3.05) is 24.5 Å². The van der Waals surface area contributed by atoms with Gasteiger partial charge in [0, 0.05) is 29.4 Å². The summed E-state index contributed by atoms with van der Waals surface area (Å²) in [7, 11) is 0. The van der Waals surface area contributed by atoms with Crippen molar-refractivity contribution in [2.45, 2.75) is 51.0 Å². The van der Waals surface area contributed by atoms with Crippen LogP contribution in [0.25, 0.3) is 0 Å². The molecule has 10 heteroatoms. The minimum Gasteiger partial charge on any atom is -0.444 e. The topological polar surface area (TPSA) is 71.1 Å². The number of nitrogens with zero attached hydrogens (tertiary/aromatic N) is 2. The Morgan fingerprint density at radius 1 is 1.20 bits per heavy atom. The van der Waals surface area contributed by atoms with Gasteiger partial charge in [0.25, 0.3) is 0 Å². The molecule has 1 N–H and O–H groups in total. The van der Waals surface area contributed by atoms with Gasteiger partial charge in [0.2, 0.25) is 0 Å². The van der Waals surface area contributed by atoms with Crippen LogP contribution in [-0.2, 0) is 9.47 Å². The number of nitrogens with one attached hydrogen (secondary N) is 1. The number of cyclic esters (lactones) is 1. The Balaban J connectivity index is 1.72. The lowest BCUT2D eigenvalue weighted by Crippen LogP contribution is -2.49. The van der Waals surface area contributed by atoms with Gasteiger partial charge in [-0.05, 0) is 75.7 Å². The van der Waals surface area contributed by atoms with Gasteiger partial charge in [-0.3, -0.25) is 4.90 Å². The molecule has 35 heavy (non-hydrogen) atoms. The zero-order valence-corrected chi connectivity index (χ0v) is 20.5. The third-order valence-electron chi connectivity index (χ3n) is 5.89. The number of anilines is 1. The standard InChI is InChI=1S/C25H28ClF2N3O4/c1-25(2,3)35-23(32)30(20-8-9-29-13-20)14-21-22(15-10-17(27)12-18(28)11-15)31(24(33)34-21)19-6-4-16(26)5-7-19/h4-7,10-12,20-22,29H,8-9,13-14H2,1-3H3/t20?,21-,22-/m0/s1. The lowest BCUT2D eigenvalue weighted by Gasteiger charge is -2.34. The summed E-state index contributed by atoms with van der Waals surface area (Å²) in [4.78, 5) is 29.1. The first-order valence-electron chi connectivity index (χ1n) is 11.4. The molecule has 3 atom stereocenters. The SMILES string of the molecule is CC(C)(C)OC(=O)N(C[C@@H]1OC(=O)N(c2ccc(Cl)cc2)[C@H]1c1cc(F)cc(F)c1)C1CCNC1. The predicted molar refractivity (Wildman–Crippen MR) is 128 cm³/mol. The fourth-order valence-electron chi connectivity index (χ4n) is 4.44. The molecule has 0 spiro atoms. The summed E-state index contributed by atoms with van der Waals surface area (Å²) in [5.74, 6) is -1.56. The summed E-state index contributed by atoms with van der Waals surface area (Å²) in [6, 6.07) is 8.49. The third-order valence-corrected chi connectivity index (χ3v) is 6.14. The van der Waals surface area contributed by atoms with Crippen LogP contribution in [0.15, 0.2) is 42.5 Å². The van der Waals surface area contributed by atoms with E-state index in [1.54, 1.807) is 45.0 Å². The van der Waals surface area contributed by atoms with Crippen molar-refractivity contribution >= 4 is 29.5 Å². The molecule has 0 bridgehead atoms. The van der Waals surface area contributed by atoms with Crippen molar-refractivity contribution in [3.8, 4) is 0 Å². The molecule has 1 unspecified atom stereocenters. The Morgan fingerprint density at radius 2 is 1.86 bits per heavy atom. The molecule has 2 fully saturated rings. The van der Waals surface area contributed by atoms with Gasteiger partial charge < -0.3 is 19.7 Å². The number of rotatable bonds is 5. The van der Waals surface area contributed by atoms with Gasteiger partial charge in [-0.1, -0.05) is 11.6 Å². The number of hydrogen-bond donors (Lipinski definition) is 1. The van der Waals surface area contributed by atoms with Crippen LogP contribution in [0, 0.1) is 11.6 Å². The molecule has 2 heterocycles. The highest BCUT2D eigenvalue weighted by Crippen LogP contribution is 2.39. The second kappa shape index (κ2) is 9.99. The van der Waals surface area contributed by atoms with Gasteiger partial charge in [-0.2, -0.15) is 0 Å². The summed E-state index contributed by atoms with van der Waals surface area (Å²) in [6.07, 6.45) is -1.45. The second-order valence-corrected chi connectivity index (χ2v) is 10.1. The van der Waals surface area contributed by atoms with Crippen LogP contribution in [0.3, 0.4) is 0 Å². The average Bonchev–Trinajstić information content (AvgIpc) is 3.38. The largest absolute Gasteiger partial charge is 0.444 e. The second-order valence-electron chi connectivity index (χ2n) is 9.70. The van der Waals surface area contributed by atoms with Gasteiger partial charge in [-0.15, -0.1) is 0 Å². The van der Waals surface area contributed by atoms with Crippen molar-refractivity contribution in [2.24, 2.45) is 0 Å².